The van der Waals surface area contributed by atoms with Crippen LogP contribution in [0.1, 0.15) is 46.3 Å². The summed E-state index contributed by atoms with van der Waals surface area (Å²) in [6.45, 7) is 2.00. The Kier molecular flexibility index (Phi) is 4.32. The van der Waals surface area contributed by atoms with Crippen molar-refractivity contribution in [2.75, 3.05) is 0 Å². The molecule has 0 saturated heterocycles. The standard InChI is InChI=1S/C14H15N3O4/c1-2-3-7-11-12(14(20)21)15-16-17(11)10-6-4-5-9(8-10)13(18)19/h4-6,8H,2-3,7H2,1H3,(H,18,19)(H,20,21). The van der Waals surface area contributed by atoms with Gasteiger partial charge in [0.1, 0.15) is 0 Å². The number of nitrogens with zero attached hydrogens (tertiary/aromatic N) is 3. The first-order chi connectivity index (χ1) is 10.0. The molecule has 7 nitrogen and oxygen atoms in total. The molecule has 0 bridgehead atoms. The number of aromatic carboxylic acids is 2. The lowest BCUT2D eigenvalue weighted by molar-refractivity contribution is 0.0681. The lowest BCUT2D eigenvalue weighted by Gasteiger charge is -2.07. The number of rotatable bonds is 6. The Balaban J connectivity index is 2.50. The summed E-state index contributed by atoms with van der Waals surface area (Å²) in [5.41, 5.74) is 0.985. The molecule has 1 heterocycles. The molecule has 2 aromatic rings. The van der Waals surface area contributed by atoms with Crippen LogP contribution in [-0.4, -0.2) is 37.1 Å². The summed E-state index contributed by atoms with van der Waals surface area (Å²) in [7, 11) is 0. The average Bonchev–Trinajstić information content (AvgIpc) is 2.89. The van der Waals surface area contributed by atoms with E-state index in [1.54, 1.807) is 12.1 Å². The van der Waals surface area contributed by atoms with E-state index in [0.29, 0.717) is 17.8 Å². The zero-order valence-electron chi connectivity index (χ0n) is 11.5. The van der Waals surface area contributed by atoms with Crippen LogP contribution in [-0.2, 0) is 6.42 Å². The molecule has 0 fully saturated rings. The van der Waals surface area contributed by atoms with Crippen molar-refractivity contribution < 1.29 is 19.8 Å². The van der Waals surface area contributed by atoms with E-state index in [1.807, 2.05) is 6.92 Å². The van der Waals surface area contributed by atoms with Gasteiger partial charge in [0, 0.05) is 0 Å². The van der Waals surface area contributed by atoms with Gasteiger partial charge in [0.2, 0.25) is 0 Å². The van der Waals surface area contributed by atoms with Crippen LogP contribution in [0.25, 0.3) is 5.69 Å². The maximum Gasteiger partial charge on any atom is 0.358 e. The van der Waals surface area contributed by atoms with Gasteiger partial charge >= 0.3 is 11.9 Å². The minimum absolute atomic E-state index is 0.0934. The topological polar surface area (TPSA) is 105 Å². The molecule has 0 amide bonds. The fourth-order valence-corrected chi connectivity index (χ4v) is 2.01. The number of aromatic nitrogens is 3. The average molecular weight is 289 g/mol. The summed E-state index contributed by atoms with van der Waals surface area (Å²) in [6.07, 6.45) is 2.22. The highest BCUT2D eigenvalue weighted by molar-refractivity contribution is 5.88. The van der Waals surface area contributed by atoms with Crippen LogP contribution in [0, 0.1) is 0 Å². The van der Waals surface area contributed by atoms with Crippen LogP contribution < -0.4 is 0 Å². The quantitative estimate of drug-likeness (QED) is 0.842. The van der Waals surface area contributed by atoms with E-state index >= 15 is 0 Å². The predicted octanol–water partition coefficient (Wildman–Crippen LogP) is 2.01. The lowest BCUT2D eigenvalue weighted by Crippen LogP contribution is -2.08. The monoisotopic (exact) mass is 289 g/mol. The predicted molar refractivity (Wildman–Crippen MR) is 73.9 cm³/mol. The molecule has 7 heteroatoms. The second-order valence-corrected chi connectivity index (χ2v) is 4.56. The highest BCUT2D eigenvalue weighted by Crippen LogP contribution is 2.17. The van der Waals surface area contributed by atoms with Crippen molar-refractivity contribution in [3.05, 3.63) is 41.2 Å². The van der Waals surface area contributed by atoms with Gasteiger partial charge in [-0.1, -0.05) is 24.6 Å². The molecule has 0 unspecified atom stereocenters. The summed E-state index contributed by atoms with van der Waals surface area (Å²) in [5, 5.41) is 25.7. The smallest absolute Gasteiger partial charge is 0.358 e. The number of carbonyl (C=O) groups is 2. The maximum absolute atomic E-state index is 11.2. The Hall–Kier alpha value is -2.70. The van der Waals surface area contributed by atoms with Crippen LogP contribution in [0.4, 0.5) is 0 Å². The first kappa shape index (κ1) is 14.7. The first-order valence-corrected chi connectivity index (χ1v) is 6.56. The van der Waals surface area contributed by atoms with Crippen LogP contribution in [0.3, 0.4) is 0 Å². The summed E-state index contributed by atoms with van der Waals surface area (Å²) < 4.78 is 1.39. The molecule has 1 aromatic carbocycles. The molecule has 0 atom stereocenters. The Bertz CT molecular complexity index is 679. The van der Waals surface area contributed by atoms with Gasteiger partial charge in [0.05, 0.1) is 16.9 Å². The van der Waals surface area contributed by atoms with Crippen molar-refractivity contribution in [2.24, 2.45) is 0 Å². The summed E-state index contributed by atoms with van der Waals surface area (Å²) >= 11 is 0. The summed E-state index contributed by atoms with van der Waals surface area (Å²) in [6, 6.07) is 6.16. The Morgan fingerprint density at radius 1 is 1.24 bits per heavy atom. The second kappa shape index (κ2) is 6.17. The van der Waals surface area contributed by atoms with E-state index in [0.717, 1.165) is 12.8 Å². The molecule has 2 N–H and O–H groups in total. The SMILES string of the molecule is CCCCc1c(C(=O)O)nnn1-c1cccc(C(=O)O)c1. The van der Waals surface area contributed by atoms with Gasteiger partial charge in [0.15, 0.2) is 5.69 Å². The molecule has 2 rings (SSSR count). The van der Waals surface area contributed by atoms with Crippen molar-refractivity contribution in [3.63, 3.8) is 0 Å². The molecule has 0 radical (unpaired) electrons. The van der Waals surface area contributed by atoms with Crippen molar-refractivity contribution in [2.45, 2.75) is 26.2 Å². The molecule has 0 spiro atoms. The maximum atomic E-state index is 11.2. The van der Waals surface area contributed by atoms with Crippen molar-refractivity contribution >= 4 is 11.9 Å². The molecule has 0 aliphatic rings. The highest BCUT2D eigenvalue weighted by atomic mass is 16.4. The van der Waals surface area contributed by atoms with Crippen LogP contribution >= 0.6 is 0 Å². The molecule has 110 valence electrons. The minimum Gasteiger partial charge on any atom is -0.478 e. The Labute approximate surface area is 120 Å². The number of benzene rings is 1. The van der Waals surface area contributed by atoms with Crippen LogP contribution in [0.5, 0.6) is 0 Å². The molecule has 0 aliphatic carbocycles. The van der Waals surface area contributed by atoms with E-state index in [-0.39, 0.29) is 11.3 Å². The van der Waals surface area contributed by atoms with Crippen molar-refractivity contribution in [1.29, 1.82) is 0 Å². The second-order valence-electron chi connectivity index (χ2n) is 4.56. The van der Waals surface area contributed by atoms with Gasteiger partial charge in [0.25, 0.3) is 0 Å². The van der Waals surface area contributed by atoms with E-state index in [9.17, 15) is 9.59 Å². The number of hydrogen-bond acceptors (Lipinski definition) is 4. The number of carboxylic acid groups (broad SMARTS) is 2. The van der Waals surface area contributed by atoms with Gasteiger partial charge in [-0.25, -0.2) is 14.3 Å². The molecule has 0 aliphatic heterocycles. The van der Waals surface area contributed by atoms with Gasteiger partial charge in [-0.15, -0.1) is 5.10 Å². The minimum atomic E-state index is -1.14. The molecule has 21 heavy (non-hydrogen) atoms. The van der Waals surface area contributed by atoms with Gasteiger partial charge in [-0.3, -0.25) is 0 Å². The molecule has 0 saturated carbocycles. The molecule has 1 aromatic heterocycles. The molecular formula is C14H15N3O4. The largest absolute Gasteiger partial charge is 0.478 e. The Morgan fingerprint density at radius 2 is 2.00 bits per heavy atom. The number of carboxylic acids is 2. The summed E-state index contributed by atoms with van der Waals surface area (Å²) in [5.74, 6) is -2.19. The van der Waals surface area contributed by atoms with Gasteiger partial charge in [-0.05, 0) is 31.0 Å². The summed E-state index contributed by atoms with van der Waals surface area (Å²) in [4.78, 5) is 22.2. The van der Waals surface area contributed by atoms with Crippen LogP contribution in [0.15, 0.2) is 24.3 Å². The zero-order valence-corrected chi connectivity index (χ0v) is 11.5. The highest BCUT2D eigenvalue weighted by Gasteiger charge is 2.19. The van der Waals surface area contributed by atoms with E-state index in [4.69, 9.17) is 10.2 Å². The zero-order chi connectivity index (χ0) is 15.4. The van der Waals surface area contributed by atoms with Crippen LogP contribution in [0.2, 0.25) is 0 Å². The van der Waals surface area contributed by atoms with Gasteiger partial charge in [-0.2, -0.15) is 0 Å². The molecular weight excluding hydrogens is 274 g/mol. The first-order valence-electron chi connectivity index (χ1n) is 6.56. The van der Waals surface area contributed by atoms with Crippen molar-refractivity contribution in [3.8, 4) is 5.69 Å². The van der Waals surface area contributed by atoms with Crippen molar-refractivity contribution in [1.82, 2.24) is 15.0 Å². The van der Waals surface area contributed by atoms with E-state index < -0.39 is 11.9 Å². The third-order valence-corrected chi connectivity index (χ3v) is 3.07. The number of hydrogen-bond donors (Lipinski definition) is 2. The van der Waals surface area contributed by atoms with E-state index in [2.05, 4.69) is 10.3 Å². The Morgan fingerprint density at radius 3 is 2.62 bits per heavy atom. The third-order valence-electron chi connectivity index (χ3n) is 3.07. The van der Waals surface area contributed by atoms with Gasteiger partial charge < -0.3 is 10.2 Å². The lowest BCUT2D eigenvalue weighted by atomic mass is 10.1. The fourth-order valence-electron chi connectivity index (χ4n) is 2.01. The number of unbranched alkanes of at least 4 members (excludes halogenated alkanes) is 1. The van der Waals surface area contributed by atoms with E-state index in [1.165, 1.54) is 16.8 Å². The fraction of sp³-hybridized carbons (Fsp3) is 0.286. The third kappa shape index (κ3) is 3.07. The normalized spacial score (nSPS) is 10.5.